The number of fused-ring (bicyclic) bond motifs is 1. The first-order valence-corrected chi connectivity index (χ1v) is 8.83. The Morgan fingerprint density at radius 3 is 2.81 bits per heavy atom. The molecule has 1 aromatic carbocycles. The predicted molar refractivity (Wildman–Crippen MR) is 105 cm³/mol. The maximum absolute atomic E-state index is 12.9. The van der Waals surface area contributed by atoms with Crippen molar-refractivity contribution in [1.82, 2.24) is 15.0 Å². The minimum Gasteiger partial charge on any atom is -0.383 e. The molecule has 3 heterocycles. The lowest BCUT2D eigenvalue weighted by Crippen LogP contribution is -2.19. The van der Waals surface area contributed by atoms with Crippen molar-refractivity contribution in [3.63, 3.8) is 0 Å². The number of hydrogen-bond acceptors (Lipinski definition) is 6. The highest BCUT2D eigenvalue weighted by Gasteiger charge is 2.18. The molecule has 5 N–H and O–H groups in total. The van der Waals surface area contributed by atoms with Crippen LogP contribution in [0.15, 0.2) is 54.3 Å². The molecule has 134 valence electrons. The van der Waals surface area contributed by atoms with Crippen molar-refractivity contribution in [3.8, 4) is 0 Å². The Kier molecular flexibility index (Phi) is 4.27. The van der Waals surface area contributed by atoms with Crippen LogP contribution in [0.4, 0.5) is 21.3 Å². The zero-order valence-electron chi connectivity index (χ0n) is 13.9. The number of carbonyl (C=O) groups is 2. The van der Waals surface area contributed by atoms with Gasteiger partial charge in [-0.1, -0.05) is 12.1 Å². The van der Waals surface area contributed by atoms with E-state index < -0.39 is 0 Å². The van der Waals surface area contributed by atoms with Gasteiger partial charge < -0.3 is 16.0 Å². The molecule has 4 aromatic rings. The fraction of sp³-hybridized carbons (Fsp3) is 0. The fourth-order valence-corrected chi connectivity index (χ4v) is 3.30. The van der Waals surface area contributed by atoms with Crippen molar-refractivity contribution < 1.29 is 9.59 Å². The van der Waals surface area contributed by atoms with E-state index in [1.807, 2.05) is 11.4 Å². The zero-order valence-corrected chi connectivity index (χ0v) is 14.7. The number of nitrogen functional groups attached to an aromatic ring is 1. The molecule has 9 heteroatoms. The fourth-order valence-electron chi connectivity index (χ4n) is 2.68. The molecule has 0 radical (unpaired) electrons. The van der Waals surface area contributed by atoms with Crippen LogP contribution in [-0.4, -0.2) is 26.8 Å². The van der Waals surface area contributed by atoms with Gasteiger partial charge in [-0.2, -0.15) is 0 Å². The maximum atomic E-state index is 12.9. The molecule has 0 fully saturated rings. The molecule has 0 bridgehead atoms. The van der Waals surface area contributed by atoms with Gasteiger partial charge in [-0.25, -0.2) is 14.8 Å². The Hall–Kier alpha value is -3.72. The number of nitrogens with zero attached hydrogens (tertiary/aromatic N) is 2. The first kappa shape index (κ1) is 16.7. The minimum atomic E-state index is -0.383. The number of aromatic nitrogens is 3. The van der Waals surface area contributed by atoms with Gasteiger partial charge >= 0.3 is 6.03 Å². The molecule has 0 aliphatic heterocycles. The third-order valence-corrected chi connectivity index (χ3v) is 4.67. The second-order valence-corrected chi connectivity index (χ2v) is 6.60. The van der Waals surface area contributed by atoms with Gasteiger partial charge in [-0.15, -0.1) is 11.3 Å². The van der Waals surface area contributed by atoms with Gasteiger partial charge in [-0.05, 0) is 29.6 Å². The topological polar surface area (TPSA) is 126 Å². The van der Waals surface area contributed by atoms with Crippen molar-refractivity contribution in [2.45, 2.75) is 0 Å². The lowest BCUT2D eigenvalue weighted by Gasteiger charge is -2.08. The molecular formula is C18H14N6O2S. The lowest BCUT2D eigenvalue weighted by molar-refractivity contribution is 0.104. The number of nitrogens with one attached hydrogen (secondary N) is 3. The summed E-state index contributed by atoms with van der Waals surface area (Å²) in [5, 5.41) is 8.52. The van der Waals surface area contributed by atoms with Crippen LogP contribution in [0.25, 0.3) is 11.0 Å². The summed E-state index contributed by atoms with van der Waals surface area (Å²) in [5.41, 5.74) is 7.67. The van der Waals surface area contributed by atoms with E-state index >= 15 is 0 Å². The molecule has 8 nitrogen and oxygen atoms in total. The summed E-state index contributed by atoms with van der Waals surface area (Å²) in [6.07, 6.45) is 2.89. The largest absolute Gasteiger partial charge is 0.383 e. The molecule has 0 spiro atoms. The molecule has 0 saturated heterocycles. The number of urea groups is 1. The van der Waals surface area contributed by atoms with E-state index in [0.29, 0.717) is 27.8 Å². The van der Waals surface area contributed by atoms with Crippen LogP contribution in [0.2, 0.25) is 0 Å². The molecule has 0 saturated carbocycles. The van der Waals surface area contributed by atoms with Gasteiger partial charge in [0.05, 0.1) is 16.0 Å². The van der Waals surface area contributed by atoms with Gasteiger partial charge in [0.15, 0.2) is 5.78 Å². The van der Waals surface area contributed by atoms with Gasteiger partial charge in [0, 0.05) is 17.4 Å². The number of benzene rings is 1. The summed E-state index contributed by atoms with van der Waals surface area (Å²) < 4.78 is 0. The number of hydrogen-bond donors (Lipinski definition) is 4. The normalized spacial score (nSPS) is 10.7. The molecule has 0 unspecified atom stereocenters. The first-order valence-electron chi connectivity index (χ1n) is 7.95. The van der Waals surface area contributed by atoms with Crippen LogP contribution in [0.3, 0.4) is 0 Å². The summed E-state index contributed by atoms with van der Waals surface area (Å²) in [7, 11) is 0. The van der Waals surface area contributed by atoms with Crippen molar-refractivity contribution in [1.29, 1.82) is 0 Å². The molecule has 0 aliphatic carbocycles. The number of thiophene rings is 1. The number of carbonyl (C=O) groups excluding carboxylic acids is 2. The number of anilines is 3. The van der Waals surface area contributed by atoms with Crippen molar-refractivity contribution in [2.24, 2.45) is 0 Å². The molecule has 3 aromatic heterocycles. The lowest BCUT2D eigenvalue weighted by atomic mass is 10.0. The highest BCUT2D eigenvalue weighted by Crippen LogP contribution is 2.24. The van der Waals surface area contributed by atoms with Crippen LogP contribution < -0.4 is 16.4 Å². The van der Waals surface area contributed by atoms with Gasteiger partial charge in [-0.3, -0.25) is 10.1 Å². The molecule has 0 atom stereocenters. The average molecular weight is 378 g/mol. The number of rotatable bonds is 4. The van der Waals surface area contributed by atoms with Crippen LogP contribution in [0.5, 0.6) is 0 Å². The number of amides is 2. The van der Waals surface area contributed by atoms with E-state index in [4.69, 9.17) is 5.73 Å². The Morgan fingerprint density at radius 1 is 1.11 bits per heavy atom. The highest BCUT2D eigenvalue weighted by atomic mass is 32.1. The Balaban J connectivity index is 1.58. The molecular weight excluding hydrogens is 364 g/mol. The number of ketones is 1. The van der Waals surface area contributed by atoms with Crippen LogP contribution in [-0.2, 0) is 0 Å². The third kappa shape index (κ3) is 3.35. The summed E-state index contributed by atoms with van der Waals surface area (Å²) in [5.74, 6) is -0.0146. The molecule has 2 amide bonds. The third-order valence-electron chi connectivity index (χ3n) is 3.88. The predicted octanol–water partition coefficient (Wildman–Crippen LogP) is 3.48. The molecule has 4 rings (SSSR count). The Morgan fingerprint density at radius 2 is 2.00 bits per heavy atom. The van der Waals surface area contributed by atoms with E-state index in [0.717, 1.165) is 5.00 Å². The van der Waals surface area contributed by atoms with Crippen LogP contribution >= 0.6 is 11.3 Å². The van der Waals surface area contributed by atoms with Crippen molar-refractivity contribution in [2.75, 3.05) is 16.4 Å². The van der Waals surface area contributed by atoms with Crippen LogP contribution in [0.1, 0.15) is 15.9 Å². The Labute approximate surface area is 157 Å². The SMILES string of the molecule is Nc1ncnc2[nH]cc(C(=O)c3cccc(NC(=O)Nc4cccs4)c3)c12. The van der Waals surface area contributed by atoms with Crippen molar-refractivity contribution in [3.05, 3.63) is 65.4 Å². The number of aromatic amines is 1. The first-order chi connectivity index (χ1) is 13.1. The second kappa shape index (κ2) is 6.89. The van der Waals surface area contributed by atoms with E-state index in [9.17, 15) is 9.59 Å². The molecule has 27 heavy (non-hydrogen) atoms. The zero-order chi connectivity index (χ0) is 18.8. The highest BCUT2D eigenvalue weighted by molar-refractivity contribution is 7.14. The monoisotopic (exact) mass is 378 g/mol. The average Bonchev–Trinajstić information content (AvgIpc) is 3.31. The second-order valence-electron chi connectivity index (χ2n) is 5.65. The summed E-state index contributed by atoms with van der Waals surface area (Å²) >= 11 is 1.42. The van der Waals surface area contributed by atoms with Gasteiger partial charge in [0.1, 0.15) is 17.8 Å². The van der Waals surface area contributed by atoms with Crippen molar-refractivity contribution >= 4 is 50.7 Å². The molecule has 0 aliphatic rings. The quantitative estimate of drug-likeness (QED) is 0.405. The smallest absolute Gasteiger partial charge is 0.324 e. The van der Waals surface area contributed by atoms with E-state index in [2.05, 4.69) is 25.6 Å². The van der Waals surface area contributed by atoms with Gasteiger partial charge in [0.2, 0.25) is 0 Å². The number of nitrogens with two attached hydrogens (primary N) is 1. The minimum absolute atomic E-state index is 0.231. The maximum Gasteiger partial charge on any atom is 0.324 e. The standard InChI is InChI=1S/C18H14N6O2S/c19-16-14-12(8-20-17(14)22-9-21-16)15(25)10-3-1-4-11(7-10)23-18(26)24-13-5-2-6-27-13/h1-9H,(H2,23,24,26)(H3,19,20,21,22). The summed E-state index contributed by atoms with van der Waals surface area (Å²) in [4.78, 5) is 35.9. The van der Waals surface area contributed by atoms with E-state index in [1.165, 1.54) is 17.7 Å². The number of H-pyrrole nitrogens is 1. The van der Waals surface area contributed by atoms with Crippen LogP contribution in [0, 0.1) is 0 Å². The van der Waals surface area contributed by atoms with E-state index in [1.54, 1.807) is 36.5 Å². The summed E-state index contributed by atoms with van der Waals surface area (Å²) in [6, 6.07) is 9.94. The van der Waals surface area contributed by atoms with Gasteiger partial charge in [0.25, 0.3) is 0 Å². The Bertz CT molecular complexity index is 1140. The van der Waals surface area contributed by atoms with E-state index in [-0.39, 0.29) is 17.6 Å². The summed E-state index contributed by atoms with van der Waals surface area (Å²) in [6.45, 7) is 0.